The number of rotatable bonds is 7. The number of nitrogens with one attached hydrogen (secondary N) is 2. The van der Waals surface area contributed by atoms with Gasteiger partial charge in [-0.1, -0.05) is 19.1 Å². The van der Waals surface area contributed by atoms with Gasteiger partial charge in [0.05, 0.1) is 11.8 Å². The average Bonchev–Trinajstić information content (AvgIpc) is 2.41. The monoisotopic (exact) mass is 263 g/mol. The molecule has 0 saturated carbocycles. The molecule has 5 heteroatoms. The first kappa shape index (κ1) is 14.6. The van der Waals surface area contributed by atoms with Crippen LogP contribution in [0.5, 0.6) is 0 Å². The van der Waals surface area contributed by atoms with E-state index in [0.29, 0.717) is 5.75 Å². The maximum atomic E-state index is 11.3. The van der Waals surface area contributed by atoms with Crippen molar-refractivity contribution in [2.24, 2.45) is 0 Å². The number of carbonyl (C=O) groups excluding carboxylic acids is 1. The fourth-order valence-corrected chi connectivity index (χ4v) is 2.16. The zero-order chi connectivity index (χ0) is 13.2. The number of benzene rings is 1. The van der Waals surface area contributed by atoms with Crippen molar-refractivity contribution in [3.8, 4) is 6.07 Å². The van der Waals surface area contributed by atoms with Crippen LogP contribution < -0.4 is 10.6 Å². The lowest BCUT2D eigenvalue weighted by molar-refractivity contribution is -0.118. The second kappa shape index (κ2) is 8.56. The number of hydrogen-bond acceptors (Lipinski definition) is 4. The molecule has 0 bridgehead atoms. The highest BCUT2D eigenvalue weighted by molar-refractivity contribution is 8.00. The number of hydrogen-bond donors (Lipinski definition) is 2. The highest BCUT2D eigenvalue weighted by atomic mass is 32.2. The van der Waals surface area contributed by atoms with Gasteiger partial charge in [0.2, 0.25) is 5.91 Å². The molecule has 0 fully saturated rings. The maximum absolute atomic E-state index is 11.3. The molecule has 0 heterocycles. The third-order valence-corrected chi connectivity index (χ3v) is 3.21. The van der Waals surface area contributed by atoms with E-state index in [-0.39, 0.29) is 12.5 Å². The van der Waals surface area contributed by atoms with Crippen molar-refractivity contribution in [1.29, 1.82) is 5.26 Å². The van der Waals surface area contributed by atoms with Gasteiger partial charge in [-0.25, -0.2) is 0 Å². The molecule has 96 valence electrons. The van der Waals surface area contributed by atoms with E-state index in [2.05, 4.69) is 29.7 Å². The summed E-state index contributed by atoms with van der Waals surface area (Å²) in [6.07, 6.45) is 0. The standard InChI is InChI=1S/C13H17N3OS/c1-2-15-9-11-4-3-5-12(8-11)18-10-13(17)16-7-6-14/h3-5,8,15H,2,7,9-10H2,1H3,(H,16,17). The van der Waals surface area contributed by atoms with E-state index >= 15 is 0 Å². The molecule has 2 N–H and O–H groups in total. The van der Waals surface area contributed by atoms with Crippen LogP contribution in [0.2, 0.25) is 0 Å². The Kier molecular flexibility index (Phi) is 6.92. The summed E-state index contributed by atoms with van der Waals surface area (Å²) in [4.78, 5) is 12.4. The Balaban J connectivity index is 2.42. The van der Waals surface area contributed by atoms with E-state index in [4.69, 9.17) is 5.26 Å². The Bertz CT molecular complexity index is 428. The Morgan fingerprint density at radius 3 is 3.06 bits per heavy atom. The third-order valence-electron chi connectivity index (χ3n) is 2.21. The van der Waals surface area contributed by atoms with Gasteiger partial charge in [0, 0.05) is 11.4 Å². The molecule has 0 unspecified atom stereocenters. The molecule has 1 amide bonds. The Hall–Kier alpha value is -1.51. The molecule has 0 aromatic heterocycles. The summed E-state index contributed by atoms with van der Waals surface area (Å²) in [6, 6.07) is 9.98. The highest BCUT2D eigenvalue weighted by Crippen LogP contribution is 2.18. The van der Waals surface area contributed by atoms with E-state index in [1.54, 1.807) is 0 Å². The number of carbonyl (C=O) groups is 1. The van der Waals surface area contributed by atoms with Crippen molar-refractivity contribution < 1.29 is 4.79 Å². The molecule has 0 spiro atoms. The zero-order valence-electron chi connectivity index (χ0n) is 10.4. The van der Waals surface area contributed by atoms with Gasteiger partial charge < -0.3 is 10.6 Å². The summed E-state index contributed by atoms with van der Waals surface area (Å²) >= 11 is 1.48. The first-order chi connectivity index (χ1) is 8.76. The van der Waals surface area contributed by atoms with Crippen LogP contribution in [0.1, 0.15) is 12.5 Å². The molecule has 18 heavy (non-hydrogen) atoms. The summed E-state index contributed by atoms with van der Waals surface area (Å²) in [5, 5.41) is 14.1. The van der Waals surface area contributed by atoms with Gasteiger partial charge in [0.1, 0.15) is 6.54 Å². The fraction of sp³-hybridized carbons (Fsp3) is 0.385. The van der Waals surface area contributed by atoms with Crippen molar-refractivity contribution >= 4 is 17.7 Å². The smallest absolute Gasteiger partial charge is 0.231 e. The van der Waals surface area contributed by atoms with Gasteiger partial charge in [0.15, 0.2) is 0 Å². The van der Waals surface area contributed by atoms with Crippen LogP contribution in [0, 0.1) is 11.3 Å². The van der Waals surface area contributed by atoms with Crippen LogP contribution in [-0.2, 0) is 11.3 Å². The lowest BCUT2D eigenvalue weighted by Gasteiger charge is -2.05. The van der Waals surface area contributed by atoms with Crippen molar-refractivity contribution in [1.82, 2.24) is 10.6 Å². The fourth-order valence-electron chi connectivity index (χ4n) is 1.35. The van der Waals surface area contributed by atoms with Crippen LogP contribution in [-0.4, -0.2) is 24.7 Å². The van der Waals surface area contributed by atoms with E-state index in [1.165, 1.54) is 17.3 Å². The summed E-state index contributed by atoms with van der Waals surface area (Å²) in [5.74, 6) is 0.227. The summed E-state index contributed by atoms with van der Waals surface area (Å²) in [5.41, 5.74) is 1.21. The van der Waals surface area contributed by atoms with Crippen LogP contribution in [0.15, 0.2) is 29.2 Å². The lowest BCUT2D eigenvalue weighted by Crippen LogP contribution is -2.25. The molecule has 0 aliphatic rings. The minimum atomic E-state index is -0.112. The molecule has 0 atom stereocenters. The van der Waals surface area contributed by atoms with Crippen LogP contribution in [0.3, 0.4) is 0 Å². The van der Waals surface area contributed by atoms with Crippen LogP contribution >= 0.6 is 11.8 Å². The molecule has 1 aromatic rings. The van der Waals surface area contributed by atoms with Crippen LogP contribution in [0.4, 0.5) is 0 Å². The molecular formula is C13H17N3OS. The molecule has 0 saturated heterocycles. The van der Waals surface area contributed by atoms with Crippen molar-refractivity contribution in [3.05, 3.63) is 29.8 Å². The first-order valence-electron chi connectivity index (χ1n) is 5.82. The predicted octanol–water partition coefficient (Wildman–Crippen LogP) is 1.53. The number of nitriles is 1. The van der Waals surface area contributed by atoms with Gasteiger partial charge in [-0.2, -0.15) is 5.26 Å². The van der Waals surface area contributed by atoms with Gasteiger partial charge in [-0.15, -0.1) is 11.8 Å². The minimum Gasteiger partial charge on any atom is -0.342 e. The van der Waals surface area contributed by atoms with Crippen LogP contribution in [0.25, 0.3) is 0 Å². The van der Waals surface area contributed by atoms with E-state index in [1.807, 2.05) is 18.2 Å². The van der Waals surface area contributed by atoms with Crippen molar-refractivity contribution in [2.75, 3.05) is 18.8 Å². The maximum Gasteiger partial charge on any atom is 0.231 e. The summed E-state index contributed by atoms with van der Waals surface area (Å²) < 4.78 is 0. The largest absolute Gasteiger partial charge is 0.342 e. The second-order valence-electron chi connectivity index (χ2n) is 3.65. The SMILES string of the molecule is CCNCc1cccc(SCC(=O)NCC#N)c1. The number of nitrogens with zero attached hydrogens (tertiary/aromatic N) is 1. The zero-order valence-corrected chi connectivity index (χ0v) is 11.2. The molecule has 1 aromatic carbocycles. The topological polar surface area (TPSA) is 64.9 Å². The quantitative estimate of drug-likeness (QED) is 0.578. The molecule has 0 aliphatic heterocycles. The second-order valence-corrected chi connectivity index (χ2v) is 4.70. The molecular weight excluding hydrogens is 246 g/mol. The highest BCUT2D eigenvalue weighted by Gasteiger charge is 2.02. The summed E-state index contributed by atoms with van der Waals surface area (Å²) in [6.45, 7) is 3.91. The Morgan fingerprint density at radius 1 is 1.50 bits per heavy atom. The van der Waals surface area contributed by atoms with Gasteiger partial charge in [-0.05, 0) is 24.2 Å². The van der Waals surface area contributed by atoms with Gasteiger partial charge in [0.25, 0.3) is 0 Å². The molecule has 1 rings (SSSR count). The lowest BCUT2D eigenvalue weighted by atomic mass is 10.2. The summed E-state index contributed by atoms with van der Waals surface area (Å²) in [7, 11) is 0. The van der Waals surface area contributed by atoms with E-state index < -0.39 is 0 Å². The van der Waals surface area contributed by atoms with Crippen molar-refractivity contribution in [2.45, 2.75) is 18.4 Å². The number of amides is 1. The number of thioether (sulfide) groups is 1. The minimum absolute atomic E-state index is 0.0693. The molecule has 4 nitrogen and oxygen atoms in total. The van der Waals surface area contributed by atoms with E-state index in [0.717, 1.165) is 18.0 Å². The molecule has 0 aliphatic carbocycles. The van der Waals surface area contributed by atoms with Gasteiger partial charge in [-0.3, -0.25) is 4.79 Å². The first-order valence-corrected chi connectivity index (χ1v) is 6.81. The predicted molar refractivity (Wildman–Crippen MR) is 73.2 cm³/mol. The van der Waals surface area contributed by atoms with Gasteiger partial charge >= 0.3 is 0 Å². The normalized spacial score (nSPS) is 9.78. The van der Waals surface area contributed by atoms with Crippen molar-refractivity contribution in [3.63, 3.8) is 0 Å². The third kappa shape index (κ3) is 5.71. The average molecular weight is 263 g/mol. The van der Waals surface area contributed by atoms with E-state index in [9.17, 15) is 4.79 Å². The Labute approximate surface area is 112 Å². The molecule has 0 radical (unpaired) electrons. The Morgan fingerprint density at radius 2 is 2.33 bits per heavy atom.